The number of fused-ring (bicyclic) bond motifs is 6. The van der Waals surface area contributed by atoms with Crippen LogP contribution >= 0.6 is 0 Å². The third kappa shape index (κ3) is 2.55. The van der Waals surface area contributed by atoms with E-state index in [1.807, 2.05) is 38.1 Å². The summed E-state index contributed by atoms with van der Waals surface area (Å²) < 4.78 is 9.84. The summed E-state index contributed by atoms with van der Waals surface area (Å²) in [7, 11) is 2.81. The molecule has 4 rings (SSSR count). The molecule has 0 aliphatic carbocycles. The number of esters is 2. The Hall–Kier alpha value is -3.02. The van der Waals surface area contributed by atoms with Crippen LogP contribution < -0.4 is 9.80 Å². The fraction of sp³-hybridized carbons (Fsp3) is 0.333. The highest BCUT2D eigenvalue weighted by atomic mass is 16.5. The van der Waals surface area contributed by atoms with Crippen LogP contribution in [-0.4, -0.2) is 32.8 Å². The first-order chi connectivity index (χ1) is 13.0. The Bertz CT molecular complexity index is 890. The fourth-order valence-electron chi connectivity index (χ4n) is 4.33. The van der Waals surface area contributed by atoms with Crippen LogP contribution in [-0.2, 0) is 22.6 Å². The molecule has 2 aliphatic rings. The number of methoxy groups -OCH3 is 2. The van der Waals surface area contributed by atoms with Crippen molar-refractivity contribution in [1.29, 1.82) is 0 Å². The first kappa shape index (κ1) is 17.4. The topological polar surface area (TPSA) is 59.1 Å². The van der Waals surface area contributed by atoms with Crippen molar-refractivity contribution < 1.29 is 19.1 Å². The molecule has 0 saturated heterocycles. The van der Waals surface area contributed by atoms with Crippen molar-refractivity contribution in [3.63, 3.8) is 0 Å². The maximum absolute atomic E-state index is 12.1. The summed E-state index contributed by atoms with van der Waals surface area (Å²) >= 11 is 0. The fourth-order valence-corrected chi connectivity index (χ4v) is 4.33. The van der Waals surface area contributed by atoms with Crippen LogP contribution in [0.4, 0.5) is 11.4 Å². The maximum atomic E-state index is 12.1. The zero-order valence-corrected chi connectivity index (χ0v) is 16.0. The number of hydrogen-bond acceptors (Lipinski definition) is 6. The standard InChI is InChI=1S/C21H22N2O4/c1-12-16(20(24)26-3)7-5-14-9-23-11-22(18(12)14)10-15-6-8-17(21(25)27-4)13(2)19(15)23/h5-8H,9-11H2,1-4H3. The van der Waals surface area contributed by atoms with Crippen molar-refractivity contribution in [3.8, 4) is 0 Å². The van der Waals surface area contributed by atoms with Crippen LogP contribution in [0, 0.1) is 13.8 Å². The van der Waals surface area contributed by atoms with Gasteiger partial charge in [0.2, 0.25) is 0 Å². The molecular formula is C21H22N2O4. The van der Waals surface area contributed by atoms with Crippen LogP contribution in [0.25, 0.3) is 0 Å². The normalized spacial score (nSPS) is 14.4. The molecule has 0 aromatic heterocycles. The van der Waals surface area contributed by atoms with Gasteiger partial charge in [-0.05, 0) is 48.2 Å². The van der Waals surface area contributed by atoms with E-state index in [0.29, 0.717) is 11.1 Å². The van der Waals surface area contributed by atoms with E-state index in [9.17, 15) is 9.59 Å². The Morgan fingerprint density at radius 3 is 1.56 bits per heavy atom. The number of benzene rings is 2. The van der Waals surface area contributed by atoms with Gasteiger partial charge in [-0.3, -0.25) is 0 Å². The highest BCUT2D eigenvalue weighted by molar-refractivity contribution is 5.95. The van der Waals surface area contributed by atoms with Gasteiger partial charge >= 0.3 is 11.9 Å². The summed E-state index contributed by atoms with van der Waals surface area (Å²) in [6.45, 7) is 6.12. The van der Waals surface area contributed by atoms with Crippen molar-refractivity contribution in [1.82, 2.24) is 0 Å². The number of nitrogens with zero attached hydrogens (tertiary/aromatic N) is 2. The second-order valence-electron chi connectivity index (χ2n) is 7.01. The molecule has 2 aromatic carbocycles. The van der Waals surface area contributed by atoms with Crippen molar-refractivity contribution in [2.75, 3.05) is 30.7 Å². The Kier molecular flexibility index (Phi) is 4.06. The molecule has 0 saturated carbocycles. The van der Waals surface area contributed by atoms with E-state index in [1.54, 1.807) is 0 Å². The lowest BCUT2D eigenvalue weighted by Crippen LogP contribution is -2.47. The highest BCUT2D eigenvalue weighted by Gasteiger charge is 2.33. The van der Waals surface area contributed by atoms with Crippen LogP contribution in [0.3, 0.4) is 0 Å². The Labute approximate surface area is 158 Å². The molecule has 27 heavy (non-hydrogen) atoms. The molecular weight excluding hydrogens is 344 g/mol. The van der Waals surface area contributed by atoms with E-state index < -0.39 is 0 Å². The molecule has 0 spiro atoms. The smallest absolute Gasteiger partial charge is 0.338 e. The predicted molar refractivity (Wildman–Crippen MR) is 102 cm³/mol. The molecule has 0 unspecified atom stereocenters. The third-order valence-electron chi connectivity index (χ3n) is 5.54. The quantitative estimate of drug-likeness (QED) is 0.761. The van der Waals surface area contributed by atoms with Gasteiger partial charge in [-0.15, -0.1) is 0 Å². The lowest BCUT2D eigenvalue weighted by molar-refractivity contribution is 0.0591. The van der Waals surface area contributed by atoms with Crippen LogP contribution in [0.1, 0.15) is 43.0 Å². The van der Waals surface area contributed by atoms with Gasteiger partial charge in [0.1, 0.15) is 0 Å². The molecule has 6 nitrogen and oxygen atoms in total. The molecule has 0 amide bonds. The Morgan fingerprint density at radius 1 is 0.778 bits per heavy atom. The first-order valence-corrected chi connectivity index (χ1v) is 8.87. The molecule has 0 fully saturated rings. The molecule has 0 radical (unpaired) electrons. The van der Waals surface area contributed by atoms with Gasteiger partial charge in [-0.1, -0.05) is 12.1 Å². The van der Waals surface area contributed by atoms with Crippen molar-refractivity contribution in [2.45, 2.75) is 26.9 Å². The van der Waals surface area contributed by atoms with Crippen LogP contribution in [0.5, 0.6) is 0 Å². The number of rotatable bonds is 2. The second-order valence-corrected chi connectivity index (χ2v) is 7.01. The predicted octanol–water partition coefficient (Wildman–Crippen LogP) is 3.17. The summed E-state index contributed by atoms with van der Waals surface area (Å²) in [5.74, 6) is -0.623. The number of carbonyl (C=O) groups excluding carboxylic acids is 2. The number of carbonyl (C=O) groups is 2. The van der Waals surface area contributed by atoms with Crippen LogP contribution in [0.15, 0.2) is 24.3 Å². The van der Waals surface area contributed by atoms with Gasteiger partial charge in [0, 0.05) is 24.5 Å². The maximum Gasteiger partial charge on any atom is 0.338 e. The average Bonchev–Trinajstić information content (AvgIpc) is 2.67. The third-order valence-corrected chi connectivity index (χ3v) is 5.54. The average molecular weight is 366 g/mol. The van der Waals surface area contributed by atoms with E-state index in [0.717, 1.165) is 42.3 Å². The van der Waals surface area contributed by atoms with Gasteiger partial charge in [0.05, 0.1) is 32.0 Å². The zero-order chi connectivity index (χ0) is 19.3. The number of hydrogen-bond donors (Lipinski definition) is 0. The number of ether oxygens (including phenoxy) is 2. The monoisotopic (exact) mass is 366 g/mol. The van der Waals surface area contributed by atoms with E-state index in [2.05, 4.69) is 9.80 Å². The molecule has 2 heterocycles. The van der Waals surface area contributed by atoms with E-state index in [1.165, 1.54) is 25.3 Å². The first-order valence-electron chi connectivity index (χ1n) is 8.87. The summed E-state index contributed by atoms with van der Waals surface area (Å²) in [4.78, 5) is 28.7. The minimum Gasteiger partial charge on any atom is -0.465 e. The van der Waals surface area contributed by atoms with E-state index in [-0.39, 0.29) is 11.9 Å². The lowest BCUT2D eigenvalue weighted by Gasteiger charge is -2.46. The zero-order valence-electron chi connectivity index (χ0n) is 16.0. The molecule has 0 atom stereocenters. The second kappa shape index (κ2) is 6.30. The SMILES string of the molecule is COC(=O)c1ccc2c(c1C)N1Cc3ccc(C(=O)OC)c(C)c3N(C2)C1. The molecule has 0 N–H and O–H groups in total. The minimum atomic E-state index is -0.311. The van der Waals surface area contributed by atoms with Gasteiger partial charge in [0.15, 0.2) is 0 Å². The largest absolute Gasteiger partial charge is 0.465 e. The highest BCUT2D eigenvalue weighted by Crippen LogP contribution is 2.42. The summed E-state index contributed by atoms with van der Waals surface area (Å²) in [5, 5.41) is 0. The molecule has 140 valence electrons. The summed E-state index contributed by atoms with van der Waals surface area (Å²) in [6, 6.07) is 7.67. The number of anilines is 2. The Balaban J connectivity index is 1.80. The molecule has 6 heteroatoms. The lowest BCUT2D eigenvalue weighted by atomic mass is 9.93. The summed E-state index contributed by atoms with van der Waals surface area (Å²) in [6.07, 6.45) is 0. The van der Waals surface area contributed by atoms with Gasteiger partial charge < -0.3 is 19.3 Å². The summed E-state index contributed by atoms with van der Waals surface area (Å²) in [5.41, 5.74) is 7.65. The van der Waals surface area contributed by atoms with Gasteiger partial charge in [0.25, 0.3) is 0 Å². The van der Waals surface area contributed by atoms with Crippen molar-refractivity contribution in [2.24, 2.45) is 0 Å². The van der Waals surface area contributed by atoms with Gasteiger partial charge in [-0.2, -0.15) is 0 Å². The molecule has 2 aliphatic heterocycles. The van der Waals surface area contributed by atoms with Crippen molar-refractivity contribution in [3.05, 3.63) is 57.6 Å². The molecule has 2 bridgehead atoms. The Morgan fingerprint density at radius 2 is 1.19 bits per heavy atom. The van der Waals surface area contributed by atoms with E-state index in [4.69, 9.17) is 9.47 Å². The van der Waals surface area contributed by atoms with Gasteiger partial charge in [-0.25, -0.2) is 9.59 Å². The van der Waals surface area contributed by atoms with Crippen LogP contribution in [0.2, 0.25) is 0 Å². The van der Waals surface area contributed by atoms with Crippen molar-refractivity contribution >= 4 is 23.3 Å². The molecule has 2 aromatic rings. The minimum absolute atomic E-state index is 0.311. The van der Waals surface area contributed by atoms with E-state index >= 15 is 0 Å².